The molecule has 3 N–H and O–H groups in total. The van der Waals surface area contributed by atoms with Crippen LogP contribution in [0.3, 0.4) is 0 Å². The van der Waals surface area contributed by atoms with Crippen molar-refractivity contribution in [1.29, 1.82) is 0 Å². The minimum Gasteiger partial charge on any atom is -0.324 e. The van der Waals surface area contributed by atoms with E-state index in [2.05, 4.69) is 5.32 Å². The maximum absolute atomic E-state index is 11.5. The van der Waals surface area contributed by atoms with Gasteiger partial charge in [-0.15, -0.1) is 0 Å². The Balaban J connectivity index is 3.13. The third-order valence-electron chi connectivity index (χ3n) is 2.25. The summed E-state index contributed by atoms with van der Waals surface area (Å²) in [4.78, 5) is 11.3. The summed E-state index contributed by atoms with van der Waals surface area (Å²) in [5, 5.41) is 7.26. The summed E-state index contributed by atoms with van der Waals surface area (Å²) in [6, 6.07) is 2.32. The predicted octanol–water partition coefficient (Wildman–Crippen LogP) is 0.279. The molecular formula is C10H13ClN2O5S2. The Labute approximate surface area is 122 Å². The molecule has 0 aliphatic heterocycles. The van der Waals surface area contributed by atoms with Crippen LogP contribution >= 0.6 is 11.6 Å². The van der Waals surface area contributed by atoms with Gasteiger partial charge in [0.05, 0.1) is 15.6 Å². The molecule has 0 fully saturated rings. The van der Waals surface area contributed by atoms with E-state index in [1.165, 1.54) is 13.0 Å². The first-order valence-electron chi connectivity index (χ1n) is 5.20. The molecule has 1 aromatic carbocycles. The lowest BCUT2D eigenvalue weighted by atomic mass is 10.2. The zero-order valence-electron chi connectivity index (χ0n) is 10.7. The van der Waals surface area contributed by atoms with Gasteiger partial charge >= 0.3 is 0 Å². The van der Waals surface area contributed by atoms with Gasteiger partial charge in [0, 0.05) is 6.26 Å². The van der Waals surface area contributed by atoms with Crippen LogP contribution in [0.4, 0.5) is 5.69 Å². The van der Waals surface area contributed by atoms with Crippen LogP contribution in [0.2, 0.25) is 5.02 Å². The lowest BCUT2D eigenvalue weighted by molar-refractivity contribution is -0.113. The van der Waals surface area contributed by atoms with Gasteiger partial charge in [-0.05, 0) is 24.6 Å². The van der Waals surface area contributed by atoms with Crippen molar-refractivity contribution < 1.29 is 21.6 Å². The van der Waals surface area contributed by atoms with E-state index in [0.29, 0.717) is 5.56 Å². The van der Waals surface area contributed by atoms with Gasteiger partial charge in [0.25, 0.3) is 0 Å². The average molecular weight is 341 g/mol. The van der Waals surface area contributed by atoms with Crippen LogP contribution < -0.4 is 10.5 Å². The molecule has 0 bridgehead atoms. The first kappa shape index (κ1) is 16.9. The first-order chi connectivity index (χ1) is 8.90. The first-order valence-corrected chi connectivity index (χ1v) is 9.19. The summed E-state index contributed by atoms with van der Waals surface area (Å²) in [6.45, 7) is 1.51. The largest absolute Gasteiger partial charge is 0.324 e. The second kappa shape index (κ2) is 5.68. The molecule has 0 heterocycles. The van der Waals surface area contributed by atoms with Gasteiger partial charge in [0.1, 0.15) is 5.75 Å². The molecule has 0 unspecified atom stereocenters. The van der Waals surface area contributed by atoms with Gasteiger partial charge in [0.15, 0.2) is 9.84 Å². The van der Waals surface area contributed by atoms with Crippen molar-refractivity contribution in [3.05, 3.63) is 22.7 Å². The quantitative estimate of drug-likeness (QED) is 0.814. The number of hydrogen-bond donors (Lipinski definition) is 2. The highest BCUT2D eigenvalue weighted by atomic mass is 35.5. The van der Waals surface area contributed by atoms with E-state index in [1.54, 1.807) is 0 Å². The monoisotopic (exact) mass is 340 g/mol. The fourth-order valence-electron chi connectivity index (χ4n) is 1.45. The summed E-state index contributed by atoms with van der Waals surface area (Å²) < 4.78 is 44.4. The highest BCUT2D eigenvalue weighted by Gasteiger charge is 2.17. The van der Waals surface area contributed by atoms with E-state index < -0.39 is 31.5 Å². The maximum atomic E-state index is 11.5. The molecule has 1 aromatic rings. The molecule has 1 amide bonds. The highest BCUT2D eigenvalue weighted by Crippen LogP contribution is 2.29. The Bertz CT molecular complexity index is 733. The van der Waals surface area contributed by atoms with Crippen molar-refractivity contribution in [2.45, 2.75) is 11.8 Å². The summed E-state index contributed by atoms with van der Waals surface area (Å²) in [5.41, 5.74) is 0.496. The number of primary sulfonamides is 1. The molecule has 0 radical (unpaired) electrons. The lowest BCUT2D eigenvalue weighted by Crippen LogP contribution is -2.22. The number of halogens is 1. The number of benzene rings is 1. The Hall–Kier alpha value is -1.16. The predicted molar refractivity (Wildman–Crippen MR) is 75.9 cm³/mol. The lowest BCUT2D eigenvalue weighted by Gasteiger charge is -2.11. The molecule has 10 heteroatoms. The van der Waals surface area contributed by atoms with Crippen LogP contribution in [-0.2, 0) is 24.7 Å². The van der Waals surface area contributed by atoms with Crippen molar-refractivity contribution in [2.75, 3.05) is 17.3 Å². The van der Waals surface area contributed by atoms with E-state index in [4.69, 9.17) is 16.7 Å². The van der Waals surface area contributed by atoms with Gasteiger partial charge in [0.2, 0.25) is 15.9 Å². The SMILES string of the molecule is Cc1cc(S(N)(=O)=O)cc(Cl)c1NC(=O)CS(C)(=O)=O. The Morgan fingerprint density at radius 1 is 1.30 bits per heavy atom. The molecule has 7 nitrogen and oxygen atoms in total. The Kier molecular flexibility index (Phi) is 4.80. The summed E-state index contributed by atoms with van der Waals surface area (Å²) in [6.07, 6.45) is 0.922. The van der Waals surface area contributed by atoms with Crippen LogP contribution in [0.15, 0.2) is 17.0 Å². The third kappa shape index (κ3) is 4.75. The van der Waals surface area contributed by atoms with Crippen LogP contribution in [0, 0.1) is 6.92 Å². The van der Waals surface area contributed by atoms with Crippen molar-refractivity contribution in [3.8, 4) is 0 Å². The number of amides is 1. The number of rotatable bonds is 4. The minimum atomic E-state index is -3.91. The van der Waals surface area contributed by atoms with E-state index in [0.717, 1.165) is 12.3 Å². The molecule has 0 saturated heterocycles. The summed E-state index contributed by atoms with van der Waals surface area (Å²) >= 11 is 5.87. The number of nitrogens with two attached hydrogens (primary N) is 1. The molecule has 20 heavy (non-hydrogen) atoms. The van der Waals surface area contributed by atoms with E-state index in [9.17, 15) is 21.6 Å². The van der Waals surface area contributed by atoms with Gasteiger partial charge in [-0.2, -0.15) is 0 Å². The number of sulfone groups is 1. The number of nitrogens with one attached hydrogen (secondary N) is 1. The zero-order chi connectivity index (χ0) is 15.7. The van der Waals surface area contributed by atoms with Crippen molar-refractivity contribution in [1.82, 2.24) is 0 Å². The number of carbonyl (C=O) groups is 1. The fraction of sp³-hybridized carbons (Fsp3) is 0.300. The number of hydrogen-bond acceptors (Lipinski definition) is 5. The number of carbonyl (C=O) groups excluding carboxylic acids is 1. The zero-order valence-corrected chi connectivity index (χ0v) is 13.1. The van der Waals surface area contributed by atoms with E-state index >= 15 is 0 Å². The molecule has 0 spiro atoms. The topological polar surface area (TPSA) is 123 Å². The Morgan fingerprint density at radius 3 is 2.25 bits per heavy atom. The number of sulfonamides is 1. The summed E-state index contributed by atoms with van der Waals surface area (Å²) in [7, 11) is -7.39. The van der Waals surface area contributed by atoms with Gasteiger partial charge in [-0.25, -0.2) is 22.0 Å². The molecule has 0 saturated carbocycles. The smallest absolute Gasteiger partial charge is 0.239 e. The normalized spacial score (nSPS) is 12.2. The van der Waals surface area contributed by atoms with Crippen molar-refractivity contribution in [2.24, 2.45) is 5.14 Å². The fourth-order valence-corrected chi connectivity index (χ4v) is 3.00. The molecular weight excluding hydrogens is 328 g/mol. The molecule has 0 aliphatic carbocycles. The second-order valence-electron chi connectivity index (χ2n) is 4.26. The average Bonchev–Trinajstić information content (AvgIpc) is 2.19. The minimum absolute atomic E-state index is 0.0455. The van der Waals surface area contributed by atoms with Crippen LogP contribution in [-0.4, -0.2) is 34.8 Å². The standard InChI is InChI=1S/C10H13ClN2O5S2/c1-6-3-7(20(12,17)18)4-8(11)10(6)13-9(14)5-19(2,15)16/h3-4H,5H2,1-2H3,(H,13,14)(H2,12,17,18). The third-order valence-corrected chi connectivity index (χ3v) is 4.22. The Morgan fingerprint density at radius 2 is 1.85 bits per heavy atom. The van der Waals surface area contributed by atoms with Crippen LogP contribution in [0.25, 0.3) is 0 Å². The molecule has 112 valence electrons. The van der Waals surface area contributed by atoms with Gasteiger partial charge < -0.3 is 5.32 Å². The molecule has 0 aliphatic rings. The van der Waals surface area contributed by atoms with Crippen molar-refractivity contribution >= 4 is 43.1 Å². The maximum Gasteiger partial charge on any atom is 0.239 e. The van der Waals surface area contributed by atoms with Crippen molar-refractivity contribution in [3.63, 3.8) is 0 Å². The van der Waals surface area contributed by atoms with E-state index in [1.807, 2.05) is 0 Å². The van der Waals surface area contributed by atoms with Crippen LogP contribution in [0.5, 0.6) is 0 Å². The molecule has 0 aromatic heterocycles. The number of aryl methyl sites for hydroxylation is 1. The van der Waals surface area contributed by atoms with Gasteiger partial charge in [-0.1, -0.05) is 11.6 Å². The van der Waals surface area contributed by atoms with Crippen LogP contribution in [0.1, 0.15) is 5.56 Å². The second-order valence-corrected chi connectivity index (χ2v) is 8.37. The molecule has 1 rings (SSSR count). The number of anilines is 1. The highest BCUT2D eigenvalue weighted by molar-refractivity contribution is 7.91. The van der Waals surface area contributed by atoms with E-state index in [-0.39, 0.29) is 15.6 Å². The summed E-state index contributed by atoms with van der Waals surface area (Å²) in [5.74, 6) is -1.46. The molecule has 0 atom stereocenters. The van der Waals surface area contributed by atoms with Gasteiger partial charge in [-0.3, -0.25) is 4.79 Å².